The number of hydrogen-bond donors (Lipinski definition) is 2. The average molecular weight is 360 g/mol. The minimum absolute atomic E-state index is 0.330. The highest BCUT2D eigenvalue weighted by molar-refractivity contribution is 5.90. The van der Waals surface area contributed by atoms with E-state index in [0.29, 0.717) is 37.2 Å². The summed E-state index contributed by atoms with van der Waals surface area (Å²) in [6, 6.07) is 7.52. The molecule has 1 aromatic rings. The third kappa shape index (κ3) is 6.63. The van der Waals surface area contributed by atoms with Crippen molar-refractivity contribution in [2.24, 2.45) is 0 Å². The van der Waals surface area contributed by atoms with Crippen molar-refractivity contribution in [1.29, 1.82) is 0 Å². The van der Waals surface area contributed by atoms with Gasteiger partial charge < -0.3 is 20.1 Å². The number of hydrogen-bond acceptors (Lipinski definition) is 6. The third-order valence-electron chi connectivity index (χ3n) is 3.57. The molecule has 0 spiro atoms. The van der Waals surface area contributed by atoms with Gasteiger partial charge in [-0.15, -0.1) is 0 Å². The minimum atomic E-state index is -0.330. The second-order valence-corrected chi connectivity index (χ2v) is 5.32. The van der Waals surface area contributed by atoms with Crippen molar-refractivity contribution in [2.75, 3.05) is 23.8 Å². The second kappa shape index (κ2) is 11.7. The number of carbonyl (C=O) groups is 2. The molecule has 6 nitrogen and oxygen atoms in total. The van der Waals surface area contributed by atoms with Crippen LogP contribution in [-0.2, 0) is 19.1 Å². The molecule has 0 amide bonds. The average Bonchev–Trinajstić information content (AvgIpc) is 2.64. The first-order valence-electron chi connectivity index (χ1n) is 8.91. The Hall–Kier alpha value is -2.76. The molecule has 26 heavy (non-hydrogen) atoms. The lowest BCUT2D eigenvalue weighted by Crippen LogP contribution is -2.10. The van der Waals surface area contributed by atoms with E-state index in [4.69, 9.17) is 9.47 Å². The molecular formula is C20H28N2O4. The summed E-state index contributed by atoms with van der Waals surface area (Å²) in [4.78, 5) is 23.7. The topological polar surface area (TPSA) is 76.7 Å². The molecule has 1 rings (SSSR count). The van der Waals surface area contributed by atoms with Crippen LogP contribution in [-0.4, -0.2) is 25.2 Å². The fraction of sp³-hybridized carbons (Fsp3) is 0.400. The first kappa shape index (κ1) is 21.3. The normalized spacial score (nSPS) is 11.7. The van der Waals surface area contributed by atoms with Crippen LogP contribution in [0.15, 0.2) is 47.8 Å². The lowest BCUT2D eigenvalue weighted by Gasteiger charge is -2.12. The summed E-state index contributed by atoms with van der Waals surface area (Å²) >= 11 is 0. The quantitative estimate of drug-likeness (QED) is 0.480. The molecule has 0 unspecified atom stereocenters. The molecule has 0 aromatic heterocycles. The smallest absolute Gasteiger partial charge is 0.335 e. The molecule has 142 valence electrons. The minimum Gasteiger partial charge on any atom is -0.463 e. The van der Waals surface area contributed by atoms with Crippen LogP contribution < -0.4 is 10.6 Å². The zero-order chi connectivity index (χ0) is 19.4. The van der Waals surface area contributed by atoms with Gasteiger partial charge in [0.1, 0.15) is 0 Å². The van der Waals surface area contributed by atoms with Crippen molar-refractivity contribution in [2.45, 2.75) is 40.5 Å². The third-order valence-corrected chi connectivity index (χ3v) is 3.57. The Morgan fingerprint density at radius 1 is 0.808 bits per heavy atom. The summed E-state index contributed by atoms with van der Waals surface area (Å²) in [5.41, 5.74) is 2.66. The largest absolute Gasteiger partial charge is 0.463 e. The van der Waals surface area contributed by atoms with Gasteiger partial charge in [-0.1, -0.05) is 26.0 Å². The Bertz CT molecular complexity index is 609. The highest BCUT2D eigenvalue weighted by atomic mass is 16.5. The van der Waals surface area contributed by atoms with Crippen LogP contribution in [0.4, 0.5) is 11.4 Å². The molecule has 0 aliphatic heterocycles. The summed E-state index contributed by atoms with van der Waals surface area (Å²) < 4.78 is 10.1. The van der Waals surface area contributed by atoms with E-state index in [-0.39, 0.29) is 11.9 Å². The van der Waals surface area contributed by atoms with Gasteiger partial charge in [0.15, 0.2) is 0 Å². The molecule has 0 fully saturated rings. The number of rotatable bonds is 10. The Morgan fingerprint density at radius 2 is 1.19 bits per heavy atom. The summed E-state index contributed by atoms with van der Waals surface area (Å²) in [5, 5.41) is 6.26. The van der Waals surface area contributed by atoms with Gasteiger partial charge in [-0.25, -0.2) is 9.59 Å². The van der Waals surface area contributed by atoms with E-state index in [2.05, 4.69) is 10.6 Å². The monoisotopic (exact) mass is 360 g/mol. The van der Waals surface area contributed by atoms with E-state index in [9.17, 15) is 9.59 Å². The maximum atomic E-state index is 11.9. The SMILES string of the molecule is CCOC(=O)/C(=C/Nc1ccccc1N/C=C(\CC)C(=O)OCC)CC. The van der Waals surface area contributed by atoms with Gasteiger partial charge >= 0.3 is 11.9 Å². The highest BCUT2D eigenvalue weighted by Gasteiger charge is 2.10. The number of carbonyl (C=O) groups excluding carboxylic acids is 2. The van der Waals surface area contributed by atoms with Crippen molar-refractivity contribution in [3.05, 3.63) is 47.8 Å². The first-order valence-corrected chi connectivity index (χ1v) is 8.91. The zero-order valence-corrected chi connectivity index (χ0v) is 15.9. The van der Waals surface area contributed by atoms with Crippen LogP contribution in [0.5, 0.6) is 0 Å². The van der Waals surface area contributed by atoms with Gasteiger partial charge in [-0.05, 0) is 38.8 Å². The molecule has 0 saturated carbocycles. The van der Waals surface area contributed by atoms with Crippen LogP contribution in [0.25, 0.3) is 0 Å². The first-order chi connectivity index (χ1) is 12.6. The number of anilines is 2. The van der Waals surface area contributed by atoms with Gasteiger partial charge in [0.25, 0.3) is 0 Å². The predicted octanol–water partition coefficient (Wildman–Crippen LogP) is 4.22. The zero-order valence-electron chi connectivity index (χ0n) is 15.9. The highest BCUT2D eigenvalue weighted by Crippen LogP contribution is 2.22. The molecule has 0 heterocycles. The van der Waals surface area contributed by atoms with E-state index < -0.39 is 0 Å². The fourth-order valence-corrected chi connectivity index (χ4v) is 2.12. The summed E-state index contributed by atoms with van der Waals surface area (Å²) in [6.45, 7) is 8.02. The Balaban J connectivity index is 2.93. The maximum Gasteiger partial charge on any atom is 0.335 e. The number of ether oxygens (including phenoxy) is 2. The lowest BCUT2D eigenvalue weighted by atomic mass is 10.2. The molecule has 0 saturated heterocycles. The van der Waals surface area contributed by atoms with E-state index in [0.717, 1.165) is 11.4 Å². The standard InChI is InChI=1S/C20H28N2O4/c1-5-15(19(23)25-7-3)13-21-17-11-9-10-12-18(17)22-14-16(6-2)20(24)26-8-4/h9-14,21-22H,5-8H2,1-4H3/b15-13+,16-14+. The Kier molecular flexibility index (Phi) is 9.61. The van der Waals surface area contributed by atoms with Crippen molar-refractivity contribution in [1.82, 2.24) is 0 Å². The van der Waals surface area contributed by atoms with Crippen LogP contribution in [0.2, 0.25) is 0 Å². The maximum absolute atomic E-state index is 11.9. The van der Waals surface area contributed by atoms with Gasteiger partial charge in [0.05, 0.1) is 35.7 Å². The van der Waals surface area contributed by atoms with E-state index in [1.165, 1.54) is 0 Å². The second-order valence-electron chi connectivity index (χ2n) is 5.32. The van der Waals surface area contributed by atoms with Crippen LogP contribution in [0, 0.1) is 0 Å². The lowest BCUT2D eigenvalue weighted by molar-refractivity contribution is -0.139. The van der Waals surface area contributed by atoms with Gasteiger partial charge in [-0.2, -0.15) is 0 Å². The van der Waals surface area contributed by atoms with Crippen molar-refractivity contribution >= 4 is 23.3 Å². The van der Waals surface area contributed by atoms with Crippen LogP contribution >= 0.6 is 0 Å². The van der Waals surface area contributed by atoms with Crippen molar-refractivity contribution in [3.8, 4) is 0 Å². The van der Waals surface area contributed by atoms with Crippen molar-refractivity contribution < 1.29 is 19.1 Å². The van der Waals surface area contributed by atoms with Crippen molar-refractivity contribution in [3.63, 3.8) is 0 Å². The van der Waals surface area contributed by atoms with Crippen LogP contribution in [0.3, 0.4) is 0 Å². The molecular weight excluding hydrogens is 332 g/mol. The molecule has 0 aliphatic carbocycles. The van der Waals surface area contributed by atoms with Gasteiger partial charge in [0.2, 0.25) is 0 Å². The molecule has 6 heteroatoms. The summed E-state index contributed by atoms with van der Waals surface area (Å²) in [6.07, 6.45) is 4.41. The summed E-state index contributed by atoms with van der Waals surface area (Å²) in [5.74, 6) is -0.660. The molecule has 1 aromatic carbocycles. The number of nitrogens with one attached hydrogen (secondary N) is 2. The van der Waals surface area contributed by atoms with E-state index in [1.807, 2.05) is 38.1 Å². The molecule has 0 aliphatic rings. The van der Waals surface area contributed by atoms with Gasteiger partial charge in [-0.3, -0.25) is 0 Å². The van der Waals surface area contributed by atoms with Gasteiger partial charge in [0, 0.05) is 12.4 Å². The molecule has 0 atom stereocenters. The number of para-hydroxylation sites is 2. The molecule has 0 radical (unpaired) electrons. The number of benzene rings is 1. The molecule has 2 N–H and O–H groups in total. The van der Waals surface area contributed by atoms with E-state index in [1.54, 1.807) is 26.2 Å². The predicted molar refractivity (Wildman–Crippen MR) is 104 cm³/mol. The fourth-order valence-electron chi connectivity index (χ4n) is 2.12. The van der Waals surface area contributed by atoms with E-state index >= 15 is 0 Å². The molecule has 0 bridgehead atoms. The Morgan fingerprint density at radius 3 is 1.50 bits per heavy atom. The number of esters is 2. The van der Waals surface area contributed by atoms with Crippen LogP contribution in [0.1, 0.15) is 40.5 Å². The summed E-state index contributed by atoms with van der Waals surface area (Å²) in [7, 11) is 0. The Labute approximate surface area is 155 Å².